The minimum atomic E-state index is -0.572. The van der Waals surface area contributed by atoms with Crippen molar-refractivity contribution in [2.75, 3.05) is 11.9 Å². The van der Waals surface area contributed by atoms with Gasteiger partial charge in [-0.25, -0.2) is 4.39 Å². The Balaban J connectivity index is 2.00. The van der Waals surface area contributed by atoms with Crippen LogP contribution in [0.3, 0.4) is 0 Å². The van der Waals surface area contributed by atoms with Crippen LogP contribution < -0.4 is 15.5 Å². The molecule has 0 bridgehead atoms. The number of halogens is 1. The summed E-state index contributed by atoms with van der Waals surface area (Å²) in [5.74, 6) is -0.874. The summed E-state index contributed by atoms with van der Waals surface area (Å²) < 4.78 is 23.4. The van der Waals surface area contributed by atoms with E-state index in [2.05, 4.69) is 5.32 Å². The van der Waals surface area contributed by atoms with Crippen LogP contribution in [0.1, 0.15) is 5.76 Å². The molecule has 6 heteroatoms. The van der Waals surface area contributed by atoms with Crippen molar-refractivity contribution in [3.63, 3.8) is 0 Å². The smallest absolute Gasteiger partial charge is 0.262 e. The first-order chi connectivity index (χ1) is 9.58. The third-order valence-electron chi connectivity index (χ3n) is 2.50. The van der Waals surface area contributed by atoms with E-state index in [4.69, 9.17) is 9.15 Å². The van der Waals surface area contributed by atoms with E-state index >= 15 is 0 Å². The zero-order chi connectivity index (χ0) is 14.5. The third-order valence-corrected chi connectivity index (χ3v) is 2.50. The van der Waals surface area contributed by atoms with E-state index in [-0.39, 0.29) is 22.6 Å². The molecule has 0 fully saturated rings. The molecule has 1 heterocycles. The van der Waals surface area contributed by atoms with Gasteiger partial charge >= 0.3 is 0 Å². The second kappa shape index (κ2) is 6.01. The topological polar surface area (TPSA) is 68.5 Å². The zero-order valence-corrected chi connectivity index (χ0v) is 10.7. The Morgan fingerprint density at radius 1 is 1.35 bits per heavy atom. The summed E-state index contributed by atoms with van der Waals surface area (Å²) in [6, 6.07) is 6.95. The van der Waals surface area contributed by atoms with E-state index in [0.29, 0.717) is 0 Å². The number of aryl methyl sites for hydroxylation is 1. The molecule has 1 aromatic heterocycles. The van der Waals surface area contributed by atoms with Crippen LogP contribution in [0.25, 0.3) is 0 Å². The molecule has 20 heavy (non-hydrogen) atoms. The summed E-state index contributed by atoms with van der Waals surface area (Å²) in [6.07, 6.45) is 1.24. The van der Waals surface area contributed by atoms with Gasteiger partial charge in [0.05, 0.1) is 12.0 Å². The van der Waals surface area contributed by atoms with Crippen molar-refractivity contribution in [3.05, 3.63) is 58.4 Å². The lowest BCUT2D eigenvalue weighted by Gasteiger charge is -2.08. The van der Waals surface area contributed by atoms with Crippen molar-refractivity contribution in [2.24, 2.45) is 0 Å². The van der Waals surface area contributed by atoms with E-state index in [0.717, 1.165) is 0 Å². The summed E-state index contributed by atoms with van der Waals surface area (Å²) in [5.41, 5.74) is -0.328. The maximum absolute atomic E-state index is 13.3. The van der Waals surface area contributed by atoms with Gasteiger partial charge in [0.2, 0.25) is 11.2 Å². The number of carbonyl (C=O) groups excluding carboxylic acids is 1. The lowest BCUT2D eigenvalue weighted by molar-refractivity contribution is -0.118. The molecule has 5 nitrogen and oxygen atoms in total. The average Bonchev–Trinajstić information content (AvgIpc) is 2.41. The van der Waals surface area contributed by atoms with E-state index in [9.17, 15) is 14.0 Å². The summed E-state index contributed by atoms with van der Waals surface area (Å²) in [6.45, 7) is 1.13. The van der Waals surface area contributed by atoms with Crippen molar-refractivity contribution in [3.8, 4) is 5.75 Å². The first kappa shape index (κ1) is 13.8. The largest absolute Gasteiger partial charge is 0.476 e. The van der Waals surface area contributed by atoms with E-state index in [1.54, 1.807) is 13.0 Å². The molecule has 0 radical (unpaired) electrons. The fourth-order valence-electron chi connectivity index (χ4n) is 1.56. The molecule has 0 spiro atoms. The van der Waals surface area contributed by atoms with E-state index in [1.807, 2.05) is 0 Å². The Morgan fingerprint density at radius 2 is 2.10 bits per heavy atom. The highest BCUT2D eigenvalue weighted by molar-refractivity contribution is 5.91. The summed E-state index contributed by atoms with van der Waals surface area (Å²) in [4.78, 5) is 23.1. The standard InChI is InChI=1S/C14H12FNO4/c1-9-14(12(17)6-7-19-9)20-8-13(18)16-11-5-3-2-4-10(11)15/h2-7H,8H2,1H3,(H,16,18). The fraction of sp³-hybridized carbons (Fsp3) is 0.143. The molecular weight excluding hydrogens is 265 g/mol. The molecule has 0 atom stereocenters. The van der Waals surface area contributed by atoms with Gasteiger partial charge in [0.15, 0.2) is 6.61 Å². The Hall–Kier alpha value is -2.63. The van der Waals surface area contributed by atoms with Crippen molar-refractivity contribution < 1.29 is 18.3 Å². The number of nitrogens with one attached hydrogen (secondary N) is 1. The molecular formula is C14H12FNO4. The number of benzene rings is 1. The number of ether oxygens (including phenoxy) is 1. The average molecular weight is 277 g/mol. The molecule has 0 saturated carbocycles. The number of carbonyl (C=O) groups is 1. The highest BCUT2D eigenvalue weighted by Crippen LogP contribution is 2.13. The Kier molecular flexibility index (Phi) is 4.14. The van der Waals surface area contributed by atoms with Gasteiger partial charge in [-0.1, -0.05) is 12.1 Å². The summed E-state index contributed by atoms with van der Waals surface area (Å²) >= 11 is 0. The van der Waals surface area contributed by atoms with Crippen LogP contribution in [0.2, 0.25) is 0 Å². The predicted molar refractivity (Wildman–Crippen MR) is 70.2 cm³/mol. The molecule has 104 valence electrons. The van der Waals surface area contributed by atoms with Gasteiger partial charge < -0.3 is 14.5 Å². The van der Waals surface area contributed by atoms with Gasteiger partial charge in [0.1, 0.15) is 11.6 Å². The number of amides is 1. The lowest BCUT2D eigenvalue weighted by Crippen LogP contribution is -2.22. The maximum Gasteiger partial charge on any atom is 0.262 e. The molecule has 0 aliphatic heterocycles. The molecule has 1 amide bonds. The van der Waals surface area contributed by atoms with E-state index < -0.39 is 18.3 Å². The van der Waals surface area contributed by atoms with Crippen molar-refractivity contribution in [2.45, 2.75) is 6.92 Å². The number of anilines is 1. The van der Waals surface area contributed by atoms with Gasteiger partial charge in [0.25, 0.3) is 5.91 Å². The Labute approximate surface area is 114 Å². The molecule has 0 aliphatic rings. The minimum Gasteiger partial charge on any atom is -0.476 e. The van der Waals surface area contributed by atoms with Crippen molar-refractivity contribution in [1.29, 1.82) is 0 Å². The van der Waals surface area contributed by atoms with Crippen molar-refractivity contribution in [1.82, 2.24) is 0 Å². The SMILES string of the molecule is Cc1occc(=O)c1OCC(=O)Nc1ccccc1F. The Bertz CT molecular complexity index is 681. The second-order valence-electron chi connectivity index (χ2n) is 3.99. The number of rotatable bonds is 4. The molecule has 0 saturated heterocycles. The van der Waals surface area contributed by atoms with E-state index in [1.165, 1.54) is 30.5 Å². The quantitative estimate of drug-likeness (QED) is 0.929. The van der Waals surface area contributed by atoms with Crippen LogP contribution in [-0.2, 0) is 4.79 Å². The van der Waals surface area contributed by atoms with Crippen LogP contribution in [0, 0.1) is 12.7 Å². The molecule has 2 rings (SSSR count). The molecule has 0 aliphatic carbocycles. The highest BCUT2D eigenvalue weighted by Gasteiger charge is 2.11. The van der Waals surface area contributed by atoms with Crippen LogP contribution in [-0.4, -0.2) is 12.5 Å². The normalized spacial score (nSPS) is 10.1. The van der Waals surface area contributed by atoms with Crippen LogP contribution in [0.4, 0.5) is 10.1 Å². The monoisotopic (exact) mass is 277 g/mol. The molecule has 1 aromatic carbocycles. The summed E-state index contributed by atoms with van der Waals surface area (Å²) in [5, 5.41) is 2.35. The van der Waals surface area contributed by atoms with Gasteiger partial charge in [-0.3, -0.25) is 9.59 Å². The second-order valence-corrected chi connectivity index (χ2v) is 3.99. The van der Waals surface area contributed by atoms with Crippen LogP contribution >= 0.6 is 0 Å². The first-order valence-electron chi connectivity index (χ1n) is 5.83. The predicted octanol–water partition coefficient (Wildman–Crippen LogP) is 2.10. The van der Waals surface area contributed by atoms with Gasteiger partial charge in [0, 0.05) is 6.07 Å². The molecule has 1 N–H and O–H groups in total. The highest BCUT2D eigenvalue weighted by atomic mass is 19.1. The molecule has 2 aromatic rings. The number of hydrogen-bond acceptors (Lipinski definition) is 4. The van der Waals surface area contributed by atoms with Gasteiger partial charge in [-0.2, -0.15) is 0 Å². The molecule has 0 unspecified atom stereocenters. The maximum atomic E-state index is 13.3. The Morgan fingerprint density at radius 3 is 2.80 bits per heavy atom. The fourth-order valence-corrected chi connectivity index (χ4v) is 1.56. The minimum absolute atomic E-state index is 0.0313. The van der Waals surface area contributed by atoms with Crippen molar-refractivity contribution >= 4 is 11.6 Å². The van der Waals surface area contributed by atoms with Crippen LogP contribution in [0.5, 0.6) is 5.75 Å². The van der Waals surface area contributed by atoms with Gasteiger partial charge in [-0.05, 0) is 19.1 Å². The zero-order valence-electron chi connectivity index (χ0n) is 10.7. The van der Waals surface area contributed by atoms with Gasteiger partial charge in [-0.15, -0.1) is 0 Å². The first-order valence-corrected chi connectivity index (χ1v) is 5.83. The third kappa shape index (κ3) is 3.23. The summed E-state index contributed by atoms with van der Waals surface area (Å²) in [7, 11) is 0. The number of para-hydroxylation sites is 1. The lowest BCUT2D eigenvalue weighted by atomic mass is 10.3. The number of hydrogen-bond donors (Lipinski definition) is 1. The van der Waals surface area contributed by atoms with Crippen LogP contribution in [0.15, 0.2) is 45.8 Å².